The molecule has 5 nitrogen and oxygen atoms in total. The Morgan fingerprint density at radius 3 is 1.42 bits per heavy atom. The minimum absolute atomic E-state index is 0.0632. The first-order valence-electron chi connectivity index (χ1n) is 21.8. The standard InChI is InChI=1S/C47H82O5/c1-4-7-10-13-16-19-22-24-26-28-31-34-37-40-46(48)51-44-45(43-50-42-39-36-33-30-27-23-20-17-14-11-8-5-2)52-47(49)41-38-35-32-29-25-21-18-15-12-9-6-3/h7,10,14-19,24,26,45H,4-6,8-9,11-13,20-23,25,27-44H2,1-3H3/b10-7-,17-14-,18-15-,19-16-,26-24-. The Morgan fingerprint density at radius 2 is 0.865 bits per heavy atom. The van der Waals surface area contributed by atoms with Crippen molar-refractivity contribution in [2.45, 2.75) is 207 Å². The summed E-state index contributed by atoms with van der Waals surface area (Å²) in [5.74, 6) is -0.448. The summed E-state index contributed by atoms with van der Waals surface area (Å²) >= 11 is 0. The van der Waals surface area contributed by atoms with E-state index < -0.39 is 6.10 Å². The lowest BCUT2D eigenvalue weighted by molar-refractivity contribution is -0.163. The number of carbonyl (C=O) groups excluding carboxylic acids is 2. The van der Waals surface area contributed by atoms with Gasteiger partial charge in [0.15, 0.2) is 6.10 Å². The van der Waals surface area contributed by atoms with Crippen molar-refractivity contribution in [3.63, 3.8) is 0 Å². The molecule has 0 aliphatic carbocycles. The molecule has 0 N–H and O–H groups in total. The van der Waals surface area contributed by atoms with Gasteiger partial charge in [-0.25, -0.2) is 0 Å². The third-order valence-electron chi connectivity index (χ3n) is 9.01. The largest absolute Gasteiger partial charge is 0.462 e. The van der Waals surface area contributed by atoms with Crippen LogP contribution < -0.4 is 0 Å². The molecule has 1 atom stereocenters. The number of carbonyl (C=O) groups is 2. The lowest BCUT2D eigenvalue weighted by Crippen LogP contribution is -2.30. The minimum Gasteiger partial charge on any atom is -0.462 e. The normalized spacial score (nSPS) is 12.8. The number of allylic oxidation sites excluding steroid dienone is 10. The first kappa shape index (κ1) is 49.6. The van der Waals surface area contributed by atoms with Gasteiger partial charge in [-0.2, -0.15) is 0 Å². The molecule has 0 rings (SSSR count). The average Bonchev–Trinajstić information content (AvgIpc) is 3.14. The topological polar surface area (TPSA) is 61.8 Å². The predicted octanol–water partition coefficient (Wildman–Crippen LogP) is 14.2. The Bertz CT molecular complexity index is 915. The fourth-order valence-corrected chi connectivity index (χ4v) is 5.72. The van der Waals surface area contributed by atoms with Gasteiger partial charge in [-0.15, -0.1) is 0 Å². The van der Waals surface area contributed by atoms with E-state index >= 15 is 0 Å². The van der Waals surface area contributed by atoms with Gasteiger partial charge in [-0.1, -0.05) is 159 Å². The van der Waals surface area contributed by atoms with Crippen molar-refractivity contribution in [3.05, 3.63) is 60.8 Å². The van der Waals surface area contributed by atoms with Crippen LogP contribution in [0.15, 0.2) is 60.8 Å². The highest BCUT2D eigenvalue weighted by molar-refractivity contribution is 5.70. The van der Waals surface area contributed by atoms with Crippen molar-refractivity contribution >= 4 is 11.9 Å². The molecule has 0 heterocycles. The summed E-state index contributed by atoms with van der Waals surface area (Å²) in [5, 5.41) is 0. The SMILES string of the molecule is CC/C=C\C/C=C\C/C=C\CCCCCC(=O)OCC(COCCCCCCCC/C=C\CCCC)OC(=O)CCCCCCC/C=C\CCCC. The molecule has 0 fully saturated rings. The van der Waals surface area contributed by atoms with Gasteiger partial charge in [0.2, 0.25) is 0 Å². The van der Waals surface area contributed by atoms with Crippen molar-refractivity contribution in [2.75, 3.05) is 19.8 Å². The first-order chi connectivity index (χ1) is 25.6. The highest BCUT2D eigenvalue weighted by atomic mass is 16.6. The third-order valence-corrected chi connectivity index (χ3v) is 9.01. The smallest absolute Gasteiger partial charge is 0.306 e. The summed E-state index contributed by atoms with van der Waals surface area (Å²) < 4.78 is 17.2. The van der Waals surface area contributed by atoms with Crippen molar-refractivity contribution in [1.29, 1.82) is 0 Å². The second-order valence-electron chi connectivity index (χ2n) is 14.2. The number of rotatable bonds is 39. The quantitative estimate of drug-likeness (QED) is 0.0358. The van der Waals surface area contributed by atoms with Crippen LogP contribution >= 0.6 is 0 Å². The third kappa shape index (κ3) is 40.4. The van der Waals surface area contributed by atoms with Gasteiger partial charge in [0.05, 0.1) is 6.61 Å². The van der Waals surface area contributed by atoms with E-state index in [0.29, 0.717) is 19.4 Å². The Labute approximate surface area is 322 Å². The maximum atomic E-state index is 12.7. The second-order valence-corrected chi connectivity index (χ2v) is 14.2. The Kier molecular flexibility index (Phi) is 41.0. The summed E-state index contributed by atoms with van der Waals surface area (Å²) in [7, 11) is 0. The molecule has 0 aliphatic rings. The summed E-state index contributed by atoms with van der Waals surface area (Å²) in [6.45, 7) is 7.58. The highest BCUT2D eigenvalue weighted by Crippen LogP contribution is 2.12. The van der Waals surface area contributed by atoms with Crippen LogP contribution in [0.25, 0.3) is 0 Å². The number of esters is 2. The molecule has 0 spiro atoms. The van der Waals surface area contributed by atoms with Gasteiger partial charge in [0.1, 0.15) is 6.61 Å². The zero-order valence-corrected chi connectivity index (χ0v) is 34.3. The van der Waals surface area contributed by atoms with Crippen LogP contribution in [-0.2, 0) is 23.8 Å². The fraction of sp³-hybridized carbons (Fsp3) is 0.745. The summed E-state index contributed by atoms with van der Waals surface area (Å²) in [5.41, 5.74) is 0. The molecule has 0 saturated heterocycles. The molecule has 5 heteroatoms. The monoisotopic (exact) mass is 727 g/mol. The highest BCUT2D eigenvalue weighted by Gasteiger charge is 2.17. The Hall–Kier alpha value is -2.40. The number of hydrogen-bond acceptors (Lipinski definition) is 5. The summed E-state index contributed by atoms with van der Waals surface area (Å²) in [4.78, 5) is 25.2. The van der Waals surface area contributed by atoms with E-state index in [4.69, 9.17) is 14.2 Å². The predicted molar refractivity (Wildman–Crippen MR) is 224 cm³/mol. The van der Waals surface area contributed by atoms with Crippen LogP contribution in [0, 0.1) is 0 Å². The van der Waals surface area contributed by atoms with Crippen LogP contribution in [0.1, 0.15) is 201 Å². The molecule has 0 aromatic carbocycles. The minimum atomic E-state index is -0.553. The average molecular weight is 727 g/mol. The maximum absolute atomic E-state index is 12.7. The maximum Gasteiger partial charge on any atom is 0.306 e. The molecular weight excluding hydrogens is 645 g/mol. The van der Waals surface area contributed by atoms with Crippen LogP contribution in [-0.4, -0.2) is 37.9 Å². The van der Waals surface area contributed by atoms with E-state index in [0.717, 1.165) is 83.5 Å². The molecule has 0 radical (unpaired) electrons. The number of unbranched alkanes of at least 4 members (excludes halogenated alkanes) is 18. The van der Waals surface area contributed by atoms with Crippen molar-refractivity contribution in [2.24, 2.45) is 0 Å². The van der Waals surface area contributed by atoms with E-state index in [2.05, 4.69) is 81.5 Å². The second kappa shape index (κ2) is 43.0. The first-order valence-corrected chi connectivity index (χ1v) is 21.8. The van der Waals surface area contributed by atoms with Crippen LogP contribution in [0.4, 0.5) is 0 Å². The van der Waals surface area contributed by atoms with E-state index in [1.54, 1.807) is 0 Å². The zero-order valence-electron chi connectivity index (χ0n) is 34.3. The van der Waals surface area contributed by atoms with Crippen molar-refractivity contribution < 1.29 is 23.8 Å². The van der Waals surface area contributed by atoms with E-state index in [9.17, 15) is 9.59 Å². The Balaban J connectivity index is 4.32. The van der Waals surface area contributed by atoms with E-state index in [1.807, 2.05) is 0 Å². The molecule has 52 heavy (non-hydrogen) atoms. The van der Waals surface area contributed by atoms with Crippen LogP contribution in [0.3, 0.4) is 0 Å². The number of hydrogen-bond donors (Lipinski definition) is 0. The number of ether oxygens (including phenoxy) is 3. The molecule has 0 saturated carbocycles. The molecule has 0 aliphatic heterocycles. The van der Waals surface area contributed by atoms with Gasteiger partial charge < -0.3 is 14.2 Å². The molecule has 1 unspecified atom stereocenters. The molecule has 0 aromatic heterocycles. The lowest BCUT2D eigenvalue weighted by Gasteiger charge is -2.18. The molecular formula is C47H82O5. The summed E-state index contributed by atoms with van der Waals surface area (Å²) in [6, 6.07) is 0. The summed E-state index contributed by atoms with van der Waals surface area (Å²) in [6.07, 6.45) is 52.1. The van der Waals surface area contributed by atoms with Gasteiger partial charge >= 0.3 is 11.9 Å². The van der Waals surface area contributed by atoms with Gasteiger partial charge in [-0.05, 0) is 89.9 Å². The molecule has 0 bridgehead atoms. The van der Waals surface area contributed by atoms with Crippen molar-refractivity contribution in [1.82, 2.24) is 0 Å². The molecule has 0 aromatic rings. The van der Waals surface area contributed by atoms with Gasteiger partial charge in [-0.3, -0.25) is 9.59 Å². The molecule has 300 valence electrons. The van der Waals surface area contributed by atoms with Crippen LogP contribution in [0.2, 0.25) is 0 Å². The van der Waals surface area contributed by atoms with Gasteiger partial charge in [0, 0.05) is 19.4 Å². The Morgan fingerprint density at radius 1 is 0.442 bits per heavy atom. The fourth-order valence-electron chi connectivity index (χ4n) is 5.72. The van der Waals surface area contributed by atoms with E-state index in [1.165, 1.54) is 83.5 Å². The zero-order chi connectivity index (χ0) is 37.8. The lowest BCUT2D eigenvalue weighted by atomic mass is 10.1. The van der Waals surface area contributed by atoms with Gasteiger partial charge in [0.25, 0.3) is 0 Å². The molecule has 0 amide bonds. The van der Waals surface area contributed by atoms with E-state index in [-0.39, 0.29) is 25.2 Å². The van der Waals surface area contributed by atoms with Crippen LogP contribution in [0.5, 0.6) is 0 Å². The van der Waals surface area contributed by atoms with Crippen molar-refractivity contribution in [3.8, 4) is 0 Å².